The number of nitrogens with one attached hydrogen (secondary N) is 1. The monoisotopic (exact) mass is 318 g/mol. The van der Waals surface area contributed by atoms with Gasteiger partial charge in [0.15, 0.2) is 0 Å². The van der Waals surface area contributed by atoms with Gasteiger partial charge in [-0.25, -0.2) is 0 Å². The molecular formula is C16H15ClN2OS. The number of halogens is 1. The summed E-state index contributed by atoms with van der Waals surface area (Å²) in [5, 5.41) is 6.11. The van der Waals surface area contributed by atoms with E-state index in [0.717, 1.165) is 16.8 Å². The number of thiophene rings is 1. The largest absolute Gasteiger partial charge is 0.495 e. The van der Waals surface area contributed by atoms with Gasteiger partial charge in [0, 0.05) is 18.0 Å². The first-order chi connectivity index (χ1) is 10.2. The van der Waals surface area contributed by atoms with Gasteiger partial charge in [0.25, 0.3) is 0 Å². The summed E-state index contributed by atoms with van der Waals surface area (Å²) >= 11 is 7.75. The van der Waals surface area contributed by atoms with E-state index in [2.05, 4.69) is 28.7 Å². The number of fused-ring (bicyclic) bond motifs is 1. The van der Waals surface area contributed by atoms with Crippen LogP contribution in [0.3, 0.4) is 0 Å². The summed E-state index contributed by atoms with van der Waals surface area (Å²) in [6.45, 7) is 2.11. The summed E-state index contributed by atoms with van der Waals surface area (Å²) in [5.41, 5.74) is 3.16. The van der Waals surface area contributed by atoms with Crippen molar-refractivity contribution in [3.63, 3.8) is 0 Å². The van der Waals surface area contributed by atoms with E-state index in [1.807, 2.05) is 30.5 Å². The van der Waals surface area contributed by atoms with Crippen LogP contribution in [0.1, 0.15) is 18.5 Å². The number of nitrogens with zero attached hydrogens (tertiary/aromatic N) is 1. The second kappa shape index (κ2) is 5.92. The van der Waals surface area contributed by atoms with Gasteiger partial charge in [-0.15, -0.1) is 11.3 Å². The van der Waals surface area contributed by atoms with Crippen LogP contribution in [0.2, 0.25) is 5.02 Å². The van der Waals surface area contributed by atoms with Crippen molar-refractivity contribution in [2.24, 2.45) is 0 Å². The smallest absolute Gasteiger partial charge is 0.139 e. The molecule has 3 aromatic rings. The Morgan fingerprint density at radius 3 is 2.95 bits per heavy atom. The number of anilines is 1. The molecule has 3 rings (SSSR count). The minimum atomic E-state index is 0.148. The van der Waals surface area contributed by atoms with Crippen molar-refractivity contribution in [3.8, 4) is 5.75 Å². The van der Waals surface area contributed by atoms with Gasteiger partial charge < -0.3 is 10.1 Å². The zero-order valence-electron chi connectivity index (χ0n) is 11.8. The highest BCUT2D eigenvalue weighted by Crippen LogP contribution is 2.30. The highest BCUT2D eigenvalue weighted by molar-refractivity contribution is 7.17. The average Bonchev–Trinajstić information content (AvgIpc) is 2.96. The molecule has 0 radical (unpaired) electrons. The van der Waals surface area contributed by atoms with E-state index in [9.17, 15) is 0 Å². The van der Waals surface area contributed by atoms with Crippen LogP contribution in [0.15, 0.2) is 41.9 Å². The molecule has 0 saturated carbocycles. The lowest BCUT2D eigenvalue weighted by Crippen LogP contribution is -2.07. The van der Waals surface area contributed by atoms with Crippen molar-refractivity contribution >= 4 is 38.8 Å². The Morgan fingerprint density at radius 1 is 1.29 bits per heavy atom. The van der Waals surface area contributed by atoms with Crippen molar-refractivity contribution in [1.29, 1.82) is 0 Å². The van der Waals surface area contributed by atoms with Crippen LogP contribution >= 0.6 is 22.9 Å². The summed E-state index contributed by atoms with van der Waals surface area (Å²) in [6.07, 6.45) is 1.92. The standard InChI is InChI=1S/C16H15ClN2OS/c1-10(11-7-16-14(18-9-11)5-6-21-16)19-12-3-4-13(17)15(8-12)20-2/h3-10,19H,1-2H3. The van der Waals surface area contributed by atoms with Gasteiger partial charge in [0.2, 0.25) is 0 Å². The average molecular weight is 319 g/mol. The van der Waals surface area contributed by atoms with Crippen molar-refractivity contribution in [3.05, 3.63) is 52.5 Å². The maximum Gasteiger partial charge on any atom is 0.139 e. The van der Waals surface area contributed by atoms with Crippen LogP contribution in [0.4, 0.5) is 5.69 Å². The van der Waals surface area contributed by atoms with E-state index in [0.29, 0.717) is 10.8 Å². The Hall–Kier alpha value is -1.78. The number of rotatable bonds is 4. The Labute approximate surface area is 132 Å². The molecule has 0 amide bonds. The lowest BCUT2D eigenvalue weighted by atomic mass is 10.1. The molecule has 0 aliphatic rings. The van der Waals surface area contributed by atoms with Gasteiger partial charge in [0.1, 0.15) is 5.75 Å². The number of hydrogen-bond donors (Lipinski definition) is 1. The molecule has 3 nitrogen and oxygen atoms in total. The molecule has 108 valence electrons. The summed E-state index contributed by atoms with van der Waals surface area (Å²) in [5.74, 6) is 0.667. The molecule has 0 saturated heterocycles. The molecule has 0 aliphatic carbocycles. The van der Waals surface area contributed by atoms with E-state index in [1.165, 1.54) is 4.70 Å². The normalized spacial score (nSPS) is 12.3. The molecule has 5 heteroatoms. The molecule has 1 atom stereocenters. The van der Waals surface area contributed by atoms with Gasteiger partial charge >= 0.3 is 0 Å². The first kappa shape index (κ1) is 14.2. The van der Waals surface area contributed by atoms with Crippen molar-refractivity contribution in [1.82, 2.24) is 4.98 Å². The zero-order chi connectivity index (χ0) is 14.8. The second-order valence-electron chi connectivity index (χ2n) is 4.79. The lowest BCUT2D eigenvalue weighted by Gasteiger charge is -2.16. The molecule has 1 N–H and O–H groups in total. The van der Waals surface area contributed by atoms with Gasteiger partial charge in [-0.05, 0) is 42.1 Å². The maximum absolute atomic E-state index is 6.04. The first-order valence-corrected chi connectivity index (χ1v) is 7.86. The fraction of sp³-hybridized carbons (Fsp3) is 0.188. The summed E-state index contributed by atoms with van der Waals surface area (Å²) in [4.78, 5) is 4.48. The van der Waals surface area contributed by atoms with E-state index in [4.69, 9.17) is 16.3 Å². The quantitative estimate of drug-likeness (QED) is 0.724. The van der Waals surface area contributed by atoms with E-state index in [1.54, 1.807) is 18.4 Å². The molecule has 2 aromatic heterocycles. The maximum atomic E-state index is 6.04. The molecule has 1 aromatic carbocycles. The number of pyridine rings is 1. The number of benzene rings is 1. The van der Waals surface area contributed by atoms with Gasteiger partial charge in [0.05, 0.1) is 28.4 Å². The highest BCUT2D eigenvalue weighted by Gasteiger charge is 2.09. The van der Waals surface area contributed by atoms with Gasteiger partial charge in [-0.1, -0.05) is 11.6 Å². The lowest BCUT2D eigenvalue weighted by molar-refractivity contribution is 0.415. The minimum Gasteiger partial charge on any atom is -0.495 e. The van der Waals surface area contributed by atoms with Crippen LogP contribution in [-0.4, -0.2) is 12.1 Å². The molecule has 0 bridgehead atoms. The second-order valence-corrected chi connectivity index (χ2v) is 6.14. The molecular weight excluding hydrogens is 304 g/mol. The Bertz CT molecular complexity index is 772. The van der Waals surface area contributed by atoms with Crippen LogP contribution in [0.5, 0.6) is 5.75 Å². The minimum absolute atomic E-state index is 0.148. The third-order valence-corrected chi connectivity index (χ3v) is 4.52. The Morgan fingerprint density at radius 2 is 2.14 bits per heavy atom. The Balaban J connectivity index is 1.83. The van der Waals surface area contributed by atoms with E-state index < -0.39 is 0 Å². The predicted molar refractivity (Wildman–Crippen MR) is 89.7 cm³/mol. The molecule has 0 aliphatic heterocycles. The van der Waals surface area contributed by atoms with E-state index >= 15 is 0 Å². The third kappa shape index (κ3) is 2.96. The molecule has 1 unspecified atom stereocenters. The highest BCUT2D eigenvalue weighted by atomic mass is 35.5. The molecule has 21 heavy (non-hydrogen) atoms. The fourth-order valence-electron chi connectivity index (χ4n) is 2.18. The van der Waals surface area contributed by atoms with Crippen LogP contribution in [0, 0.1) is 0 Å². The number of aromatic nitrogens is 1. The van der Waals surface area contributed by atoms with Crippen molar-refractivity contribution in [2.45, 2.75) is 13.0 Å². The third-order valence-electron chi connectivity index (χ3n) is 3.36. The number of hydrogen-bond acceptors (Lipinski definition) is 4. The SMILES string of the molecule is COc1cc(NC(C)c2cnc3ccsc3c2)ccc1Cl. The number of ether oxygens (including phenoxy) is 1. The van der Waals surface area contributed by atoms with Gasteiger partial charge in [-0.3, -0.25) is 4.98 Å². The zero-order valence-corrected chi connectivity index (χ0v) is 13.3. The first-order valence-electron chi connectivity index (χ1n) is 6.60. The van der Waals surface area contributed by atoms with Crippen LogP contribution in [-0.2, 0) is 0 Å². The Kier molecular flexibility index (Phi) is 3.99. The van der Waals surface area contributed by atoms with Crippen molar-refractivity contribution < 1.29 is 4.74 Å². The van der Waals surface area contributed by atoms with Gasteiger partial charge in [-0.2, -0.15) is 0 Å². The summed E-state index contributed by atoms with van der Waals surface area (Å²) in [7, 11) is 1.61. The number of methoxy groups -OCH3 is 1. The fourth-order valence-corrected chi connectivity index (χ4v) is 3.17. The van der Waals surface area contributed by atoms with Crippen LogP contribution < -0.4 is 10.1 Å². The molecule has 0 fully saturated rings. The van der Waals surface area contributed by atoms with Crippen LogP contribution in [0.25, 0.3) is 10.2 Å². The predicted octanol–water partition coefficient (Wildman–Crippen LogP) is 5.13. The molecule has 2 heterocycles. The summed E-state index contributed by atoms with van der Waals surface area (Å²) < 4.78 is 6.44. The molecule has 0 spiro atoms. The topological polar surface area (TPSA) is 34.1 Å². The van der Waals surface area contributed by atoms with E-state index in [-0.39, 0.29) is 6.04 Å². The summed E-state index contributed by atoms with van der Waals surface area (Å²) in [6, 6.07) is 10.0. The van der Waals surface area contributed by atoms with Crippen molar-refractivity contribution in [2.75, 3.05) is 12.4 Å².